The van der Waals surface area contributed by atoms with Crippen LogP contribution in [0.5, 0.6) is 0 Å². The molecule has 0 unspecified atom stereocenters. The van der Waals surface area contributed by atoms with E-state index in [4.69, 9.17) is 5.11 Å². The second kappa shape index (κ2) is 5.48. The van der Waals surface area contributed by atoms with Crippen molar-refractivity contribution < 1.29 is 9.90 Å². The summed E-state index contributed by atoms with van der Waals surface area (Å²) in [6.07, 6.45) is 2.14. The van der Waals surface area contributed by atoms with E-state index in [1.165, 1.54) is 5.56 Å². The van der Waals surface area contributed by atoms with Crippen molar-refractivity contribution in [2.24, 2.45) is 0 Å². The summed E-state index contributed by atoms with van der Waals surface area (Å²) < 4.78 is 2.17. The summed E-state index contributed by atoms with van der Waals surface area (Å²) in [5, 5.41) is 10.1. The fraction of sp³-hybridized carbons (Fsp3) is 0.357. The molecule has 1 N–H and O–H groups in total. The molecule has 1 aromatic heterocycles. The first-order valence-corrected chi connectivity index (χ1v) is 7.25. The number of rotatable bonds is 5. The topological polar surface area (TPSA) is 42.2 Å². The van der Waals surface area contributed by atoms with E-state index in [9.17, 15) is 4.79 Å². The fourth-order valence-corrected chi connectivity index (χ4v) is 2.75. The van der Waals surface area contributed by atoms with Crippen LogP contribution in [-0.4, -0.2) is 21.4 Å². The molecular formula is C14H17NO2S. The number of aryl methyl sites for hydroxylation is 1. The Morgan fingerprint density at radius 2 is 2.17 bits per heavy atom. The molecule has 4 heteroatoms. The van der Waals surface area contributed by atoms with Gasteiger partial charge in [0, 0.05) is 29.4 Å². The lowest BCUT2D eigenvalue weighted by atomic mass is 10.1. The predicted octanol–water partition coefficient (Wildman–Crippen LogP) is 3.61. The lowest BCUT2D eigenvalue weighted by Crippen LogP contribution is -1.96. The zero-order chi connectivity index (χ0) is 13.1. The quantitative estimate of drug-likeness (QED) is 0.896. The molecule has 0 aliphatic carbocycles. The Balaban J connectivity index is 2.54. The molecule has 0 bridgehead atoms. The number of carboxylic acid groups (broad SMARTS) is 1. The maximum atomic E-state index is 11.0. The highest BCUT2D eigenvalue weighted by molar-refractivity contribution is 7.98. The van der Waals surface area contributed by atoms with Gasteiger partial charge in [-0.05, 0) is 36.4 Å². The summed E-state index contributed by atoms with van der Waals surface area (Å²) in [6.45, 7) is 5.13. The third-order valence-electron chi connectivity index (χ3n) is 3.01. The molecule has 0 fully saturated rings. The van der Waals surface area contributed by atoms with Crippen molar-refractivity contribution >= 4 is 28.6 Å². The Morgan fingerprint density at radius 3 is 2.78 bits per heavy atom. The van der Waals surface area contributed by atoms with E-state index in [-0.39, 0.29) is 0 Å². The van der Waals surface area contributed by atoms with E-state index < -0.39 is 5.97 Å². The van der Waals surface area contributed by atoms with Crippen molar-refractivity contribution in [2.75, 3.05) is 5.75 Å². The molecule has 0 aliphatic heterocycles. The Kier molecular flexibility index (Phi) is 3.97. The number of aromatic nitrogens is 1. The van der Waals surface area contributed by atoms with Gasteiger partial charge in [0.05, 0.1) is 5.56 Å². The van der Waals surface area contributed by atoms with Crippen molar-refractivity contribution in [3.05, 3.63) is 35.5 Å². The average Bonchev–Trinajstić information content (AvgIpc) is 2.73. The van der Waals surface area contributed by atoms with Crippen molar-refractivity contribution in [2.45, 2.75) is 26.1 Å². The van der Waals surface area contributed by atoms with Gasteiger partial charge in [0.15, 0.2) is 0 Å². The number of aromatic carboxylic acids is 1. The highest BCUT2D eigenvalue weighted by atomic mass is 32.2. The number of benzene rings is 1. The molecule has 0 aliphatic rings. The van der Waals surface area contributed by atoms with Crippen molar-refractivity contribution in [3.63, 3.8) is 0 Å². The predicted molar refractivity (Wildman–Crippen MR) is 76.4 cm³/mol. The van der Waals surface area contributed by atoms with Gasteiger partial charge >= 0.3 is 5.97 Å². The van der Waals surface area contributed by atoms with E-state index >= 15 is 0 Å². The first kappa shape index (κ1) is 13.0. The van der Waals surface area contributed by atoms with Crippen molar-refractivity contribution in [1.29, 1.82) is 0 Å². The Hall–Kier alpha value is -1.42. The van der Waals surface area contributed by atoms with Gasteiger partial charge in [-0.2, -0.15) is 11.8 Å². The van der Waals surface area contributed by atoms with Crippen LogP contribution in [0, 0.1) is 0 Å². The number of hydrogen-bond donors (Lipinski definition) is 1. The first-order chi connectivity index (χ1) is 8.67. The molecule has 0 amide bonds. The number of carboxylic acids is 1. The van der Waals surface area contributed by atoms with E-state index in [2.05, 4.69) is 24.6 Å². The minimum atomic E-state index is -0.866. The highest BCUT2D eigenvalue weighted by Crippen LogP contribution is 2.26. The number of fused-ring (bicyclic) bond motifs is 1. The number of hydrogen-bond acceptors (Lipinski definition) is 2. The molecule has 0 radical (unpaired) electrons. The zero-order valence-corrected chi connectivity index (χ0v) is 11.5. The van der Waals surface area contributed by atoms with Crippen LogP contribution in [0.1, 0.15) is 29.8 Å². The summed E-state index contributed by atoms with van der Waals surface area (Å²) in [7, 11) is 0. The summed E-state index contributed by atoms with van der Waals surface area (Å²) in [5.74, 6) is 1.13. The third-order valence-corrected chi connectivity index (χ3v) is 3.94. The van der Waals surface area contributed by atoms with Gasteiger partial charge in [0.1, 0.15) is 0 Å². The summed E-state index contributed by atoms with van der Waals surface area (Å²) >= 11 is 1.85. The van der Waals surface area contributed by atoms with Gasteiger partial charge in [-0.25, -0.2) is 4.79 Å². The molecule has 0 spiro atoms. The molecule has 18 heavy (non-hydrogen) atoms. The maximum Gasteiger partial charge on any atom is 0.335 e. The molecule has 1 aromatic carbocycles. The molecular weight excluding hydrogens is 246 g/mol. The monoisotopic (exact) mass is 263 g/mol. The number of carbonyl (C=O) groups is 1. The van der Waals surface area contributed by atoms with Crippen LogP contribution < -0.4 is 0 Å². The second-order valence-electron chi connectivity index (χ2n) is 4.11. The average molecular weight is 263 g/mol. The summed E-state index contributed by atoms with van der Waals surface area (Å²) in [5.41, 5.74) is 2.70. The molecule has 0 saturated carbocycles. The number of thioether (sulfide) groups is 1. The summed E-state index contributed by atoms with van der Waals surface area (Å²) in [6, 6.07) is 5.37. The Morgan fingerprint density at radius 1 is 1.39 bits per heavy atom. The minimum absolute atomic E-state index is 0.360. The van der Waals surface area contributed by atoms with Gasteiger partial charge in [-0.15, -0.1) is 0 Å². The lowest BCUT2D eigenvalue weighted by molar-refractivity contribution is 0.0697. The smallest absolute Gasteiger partial charge is 0.335 e. The van der Waals surface area contributed by atoms with Crippen LogP contribution in [0.4, 0.5) is 0 Å². The molecule has 2 aromatic rings. The molecule has 3 nitrogen and oxygen atoms in total. The normalized spacial score (nSPS) is 11.0. The molecule has 2 rings (SSSR count). The Bertz CT molecular complexity index is 574. The maximum absolute atomic E-state index is 11.0. The van der Waals surface area contributed by atoms with E-state index in [0.29, 0.717) is 5.56 Å². The SMILES string of the molecule is CCSCc1cn(CC)c2ccc(C(=O)O)cc12. The minimum Gasteiger partial charge on any atom is -0.478 e. The van der Waals surface area contributed by atoms with Crippen LogP contribution in [0.2, 0.25) is 0 Å². The van der Waals surface area contributed by atoms with E-state index in [1.807, 2.05) is 17.8 Å². The van der Waals surface area contributed by atoms with Crippen LogP contribution >= 0.6 is 11.8 Å². The van der Waals surface area contributed by atoms with Crippen LogP contribution in [0.15, 0.2) is 24.4 Å². The fourth-order valence-electron chi connectivity index (χ4n) is 2.09. The standard InChI is InChI=1S/C14H17NO2S/c1-3-15-8-11(9-18-4-2)12-7-10(14(16)17)5-6-13(12)15/h5-8H,3-4,9H2,1-2H3,(H,16,17). The molecule has 0 atom stereocenters. The molecule has 1 heterocycles. The third kappa shape index (κ3) is 2.38. The van der Waals surface area contributed by atoms with Crippen molar-refractivity contribution in [1.82, 2.24) is 4.57 Å². The van der Waals surface area contributed by atoms with Crippen LogP contribution in [0.25, 0.3) is 10.9 Å². The lowest BCUT2D eigenvalue weighted by Gasteiger charge is -2.01. The van der Waals surface area contributed by atoms with Gasteiger partial charge in [-0.3, -0.25) is 0 Å². The van der Waals surface area contributed by atoms with Gasteiger partial charge in [0.25, 0.3) is 0 Å². The van der Waals surface area contributed by atoms with Crippen LogP contribution in [0.3, 0.4) is 0 Å². The van der Waals surface area contributed by atoms with E-state index in [1.54, 1.807) is 12.1 Å². The molecule has 0 saturated heterocycles. The second-order valence-corrected chi connectivity index (χ2v) is 5.39. The zero-order valence-electron chi connectivity index (χ0n) is 10.6. The highest BCUT2D eigenvalue weighted by Gasteiger charge is 2.11. The van der Waals surface area contributed by atoms with Crippen molar-refractivity contribution in [3.8, 4) is 0 Å². The Labute approximate surface area is 111 Å². The van der Waals surface area contributed by atoms with Gasteiger partial charge < -0.3 is 9.67 Å². The summed E-state index contributed by atoms with van der Waals surface area (Å²) in [4.78, 5) is 11.0. The largest absolute Gasteiger partial charge is 0.478 e. The van der Waals surface area contributed by atoms with E-state index in [0.717, 1.165) is 29.0 Å². The molecule has 96 valence electrons. The number of nitrogens with zero attached hydrogens (tertiary/aromatic N) is 1. The van der Waals surface area contributed by atoms with Crippen LogP contribution in [-0.2, 0) is 12.3 Å². The first-order valence-electron chi connectivity index (χ1n) is 6.10. The van der Waals surface area contributed by atoms with Gasteiger partial charge in [0.2, 0.25) is 0 Å². The van der Waals surface area contributed by atoms with Gasteiger partial charge in [-0.1, -0.05) is 6.92 Å².